The minimum atomic E-state index is 0.293. The van der Waals surface area contributed by atoms with Crippen LogP contribution in [-0.2, 0) is 0 Å². The molecule has 3 rings (SSSR count). The van der Waals surface area contributed by atoms with Gasteiger partial charge in [0, 0.05) is 5.33 Å². The first kappa shape index (κ1) is 10.3. The topological polar surface area (TPSA) is 27.7 Å². The lowest BCUT2D eigenvalue weighted by Gasteiger charge is -2.07. The summed E-state index contributed by atoms with van der Waals surface area (Å²) in [5.41, 5.74) is 1.30. The molecule has 0 bridgehead atoms. The Morgan fingerprint density at radius 3 is 3.00 bits per heavy atom. The van der Waals surface area contributed by atoms with Gasteiger partial charge in [0.05, 0.1) is 7.11 Å². The molecule has 1 fully saturated rings. The van der Waals surface area contributed by atoms with Crippen molar-refractivity contribution in [1.82, 2.24) is 0 Å². The molecule has 2 aliphatic rings. The Morgan fingerprint density at radius 1 is 1.44 bits per heavy atom. The fourth-order valence-electron chi connectivity index (χ4n) is 2.19. The lowest BCUT2D eigenvalue weighted by Crippen LogP contribution is -1.93. The number of halogens is 1. The maximum absolute atomic E-state index is 5.41. The molecule has 0 amide bonds. The second-order valence-corrected chi connectivity index (χ2v) is 4.86. The zero-order chi connectivity index (χ0) is 11.1. The van der Waals surface area contributed by atoms with E-state index in [1.165, 1.54) is 12.0 Å². The summed E-state index contributed by atoms with van der Waals surface area (Å²) in [4.78, 5) is 0. The zero-order valence-corrected chi connectivity index (χ0v) is 10.6. The molecule has 1 aliphatic heterocycles. The molecule has 16 heavy (non-hydrogen) atoms. The molecular weight excluding hydrogens is 272 g/mol. The first-order valence-corrected chi connectivity index (χ1v) is 6.49. The minimum Gasteiger partial charge on any atom is -0.493 e. The van der Waals surface area contributed by atoms with Gasteiger partial charge < -0.3 is 14.2 Å². The molecule has 3 nitrogen and oxygen atoms in total. The summed E-state index contributed by atoms with van der Waals surface area (Å²) in [6.07, 6.45) is 1.24. The van der Waals surface area contributed by atoms with Gasteiger partial charge in [-0.05, 0) is 36.0 Å². The Kier molecular flexibility index (Phi) is 2.46. The van der Waals surface area contributed by atoms with E-state index in [1.807, 2.05) is 0 Å². The quantitative estimate of drug-likeness (QED) is 0.799. The predicted octanol–water partition coefficient (Wildman–Crippen LogP) is 2.92. The molecule has 1 aromatic rings. The van der Waals surface area contributed by atoms with Crippen LogP contribution in [0.1, 0.15) is 17.9 Å². The van der Waals surface area contributed by atoms with Crippen molar-refractivity contribution in [2.75, 3.05) is 19.2 Å². The number of alkyl halides is 1. The molecular formula is C12H13BrO3. The highest BCUT2D eigenvalue weighted by molar-refractivity contribution is 9.09. The molecule has 0 radical (unpaired) electrons. The Morgan fingerprint density at radius 2 is 2.31 bits per heavy atom. The standard InChI is InChI=1S/C12H13BrO3/c1-14-10-3-7(9-2-8(9)5-13)4-11-12(10)16-6-15-11/h3-4,8-9H,2,5-6H2,1H3. The highest BCUT2D eigenvalue weighted by Gasteiger charge is 2.38. The van der Waals surface area contributed by atoms with Crippen LogP contribution in [0.5, 0.6) is 17.2 Å². The Labute approximate surface area is 103 Å². The van der Waals surface area contributed by atoms with Gasteiger partial charge in [0.2, 0.25) is 12.5 Å². The fraction of sp³-hybridized carbons (Fsp3) is 0.500. The van der Waals surface area contributed by atoms with Crippen LogP contribution in [0.2, 0.25) is 0 Å². The summed E-state index contributed by atoms with van der Waals surface area (Å²) >= 11 is 3.52. The maximum Gasteiger partial charge on any atom is 0.231 e. The summed E-state index contributed by atoms with van der Waals surface area (Å²) in [6.45, 7) is 0.293. The van der Waals surface area contributed by atoms with Crippen molar-refractivity contribution in [2.45, 2.75) is 12.3 Å². The molecule has 2 atom stereocenters. The molecule has 2 unspecified atom stereocenters. The maximum atomic E-state index is 5.41. The molecule has 0 spiro atoms. The smallest absolute Gasteiger partial charge is 0.231 e. The van der Waals surface area contributed by atoms with Crippen LogP contribution < -0.4 is 14.2 Å². The van der Waals surface area contributed by atoms with E-state index in [-0.39, 0.29) is 0 Å². The van der Waals surface area contributed by atoms with Gasteiger partial charge in [0.15, 0.2) is 11.5 Å². The summed E-state index contributed by atoms with van der Waals surface area (Å²) in [5.74, 6) is 3.73. The SMILES string of the molecule is COc1cc(C2CC2CBr)cc2c1OCO2. The van der Waals surface area contributed by atoms with Crippen molar-refractivity contribution in [3.8, 4) is 17.2 Å². The van der Waals surface area contributed by atoms with Gasteiger partial charge in [-0.3, -0.25) is 0 Å². The fourth-order valence-corrected chi connectivity index (χ4v) is 2.91. The first-order chi connectivity index (χ1) is 7.83. The Balaban J connectivity index is 1.96. The number of rotatable bonds is 3. The monoisotopic (exact) mass is 284 g/mol. The van der Waals surface area contributed by atoms with Crippen LogP contribution in [0.25, 0.3) is 0 Å². The van der Waals surface area contributed by atoms with E-state index in [0.717, 1.165) is 28.5 Å². The van der Waals surface area contributed by atoms with E-state index < -0.39 is 0 Å². The molecule has 0 N–H and O–H groups in total. The van der Waals surface area contributed by atoms with E-state index in [0.29, 0.717) is 12.7 Å². The molecule has 86 valence electrons. The molecule has 1 saturated carbocycles. The van der Waals surface area contributed by atoms with E-state index >= 15 is 0 Å². The van der Waals surface area contributed by atoms with Gasteiger partial charge in [0.1, 0.15) is 0 Å². The first-order valence-electron chi connectivity index (χ1n) is 5.37. The molecule has 1 aromatic carbocycles. The summed E-state index contributed by atoms with van der Waals surface area (Å²) in [5, 5.41) is 1.06. The van der Waals surface area contributed by atoms with Crippen molar-refractivity contribution in [2.24, 2.45) is 5.92 Å². The van der Waals surface area contributed by atoms with Gasteiger partial charge in [0.25, 0.3) is 0 Å². The number of ether oxygens (including phenoxy) is 3. The highest BCUT2D eigenvalue weighted by atomic mass is 79.9. The Hall–Kier alpha value is -0.900. The number of hydrogen-bond acceptors (Lipinski definition) is 3. The van der Waals surface area contributed by atoms with Crippen LogP contribution in [0, 0.1) is 5.92 Å². The van der Waals surface area contributed by atoms with Gasteiger partial charge in [-0.15, -0.1) is 0 Å². The van der Waals surface area contributed by atoms with Crippen LogP contribution in [0.4, 0.5) is 0 Å². The third kappa shape index (κ3) is 1.56. The molecule has 1 aliphatic carbocycles. The summed E-state index contributed by atoms with van der Waals surface area (Å²) in [7, 11) is 1.66. The third-order valence-corrected chi connectivity index (χ3v) is 4.06. The molecule has 0 aromatic heterocycles. The number of fused-ring (bicyclic) bond motifs is 1. The van der Waals surface area contributed by atoms with Gasteiger partial charge >= 0.3 is 0 Å². The van der Waals surface area contributed by atoms with Crippen molar-refractivity contribution in [3.63, 3.8) is 0 Å². The zero-order valence-electron chi connectivity index (χ0n) is 9.03. The van der Waals surface area contributed by atoms with Crippen molar-refractivity contribution in [1.29, 1.82) is 0 Å². The summed E-state index contributed by atoms with van der Waals surface area (Å²) < 4.78 is 16.1. The molecule has 1 heterocycles. The number of methoxy groups -OCH3 is 1. The average molecular weight is 285 g/mol. The number of hydrogen-bond donors (Lipinski definition) is 0. The normalized spacial score (nSPS) is 25.6. The predicted molar refractivity (Wildman–Crippen MR) is 63.8 cm³/mol. The van der Waals surface area contributed by atoms with Crippen molar-refractivity contribution >= 4 is 15.9 Å². The van der Waals surface area contributed by atoms with E-state index in [9.17, 15) is 0 Å². The Bertz CT molecular complexity index is 419. The van der Waals surface area contributed by atoms with E-state index in [4.69, 9.17) is 14.2 Å². The van der Waals surface area contributed by atoms with Crippen LogP contribution in [0.15, 0.2) is 12.1 Å². The highest BCUT2D eigenvalue weighted by Crippen LogP contribution is 2.52. The summed E-state index contributed by atoms with van der Waals surface area (Å²) in [6, 6.07) is 4.15. The lowest BCUT2D eigenvalue weighted by atomic mass is 10.1. The second-order valence-electron chi connectivity index (χ2n) is 4.21. The van der Waals surface area contributed by atoms with Crippen molar-refractivity contribution in [3.05, 3.63) is 17.7 Å². The van der Waals surface area contributed by atoms with Crippen LogP contribution >= 0.6 is 15.9 Å². The third-order valence-electron chi connectivity index (χ3n) is 3.23. The van der Waals surface area contributed by atoms with Gasteiger partial charge in [-0.25, -0.2) is 0 Å². The van der Waals surface area contributed by atoms with Crippen molar-refractivity contribution < 1.29 is 14.2 Å². The van der Waals surface area contributed by atoms with Crippen LogP contribution in [0.3, 0.4) is 0 Å². The lowest BCUT2D eigenvalue weighted by molar-refractivity contribution is 0.171. The number of benzene rings is 1. The minimum absolute atomic E-state index is 0.293. The van der Waals surface area contributed by atoms with Crippen LogP contribution in [-0.4, -0.2) is 19.2 Å². The molecule has 4 heteroatoms. The van der Waals surface area contributed by atoms with Gasteiger partial charge in [-0.1, -0.05) is 15.9 Å². The largest absolute Gasteiger partial charge is 0.493 e. The second kappa shape index (κ2) is 3.84. The van der Waals surface area contributed by atoms with Gasteiger partial charge in [-0.2, -0.15) is 0 Å². The average Bonchev–Trinajstić information content (AvgIpc) is 2.96. The van der Waals surface area contributed by atoms with E-state index in [2.05, 4.69) is 28.1 Å². The molecule has 0 saturated heterocycles. The van der Waals surface area contributed by atoms with E-state index in [1.54, 1.807) is 7.11 Å².